The van der Waals surface area contributed by atoms with Gasteiger partial charge in [0.15, 0.2) is 0 Å². The summed E-state index contributed by atoms with van der Waals surface area (Å²) in [4.78, 5) is 4.61. The molecule has 0 spiro atoms. The molecule has 0 atom stereocenters. The molecule has 2 heteroatoms. The van der Waals surface area contributed by atoms with E-state index < -0.39 is 0 Å². The average molecular weight is 208 g/mol. The van der Waals surface area contributed by atoms with E-state index >= 15 is 0 Å². The van der Waals surface area contributed by atoms with Crippen LogP contribution >= 0.6 is 0 Å². The van der Waals surface area contributed by atoms with Gasteiger partial charge in [-0.15, -0.1) is 0 Å². The highest BCUT2D eigenvalue weighted by atomic mass is 14.7. The number of para-hydroxylation sites is 1. The fraction of sp³-hybridized carbons (Fsp3) is 0.0714. The van der Waals surface area contributed by atoms with Gasteiger partial charge in [0.2, 0.25) is 0 Å². The van der Waals surface area contributed by atoms with Gasteiger partial charge in [0, 0.05) is 17.3 Å². The average Bonchev–Trinajstić information content (AvgIpc) is 2.35. The molecule has 1 aromatic heterocycles. The minimum Gasteiger partial charge on any atom is -0.326 e. The minimum absolute atomic E-state index is 0.572. The molecule has 3 rings (SSSR count). The minimum atomic E-state index is 0.572. The lowest BCUT2D eigenvalue weighted by Gasteiger charge is -2.03. The second kappa shape index (κ2) is 3.58. The Morgan fingerprint density at radius 3 is 2.56 bits per heavy atom. The zero-order valence-electron chi connectivity index (χ0n) is 8.85. The normalized spacial score (nSPS) is 11.1. The van der Waals surface area contributed by atoms with Crippen LogP contribution in [0, 0.1) is 0 Å². The maximum Gasteiger partial charge on any atom is 0.0709 e. The Bertz CT molecular complexity index is 659. The molecule has 0 aliphatic heterocycles. The Hall–Kier alpha value is -1.93. The van der Waals surface area contributed by atoms with Crippen molar-refractivity contribution in [1.82, 2.24) is 4.98 Å². The number of hydrogen-bond donors (Lipinski definition) is 1. The number of aromatic nitrogens is 1. The van der Waals surface area contributed by atoms with Crippen molar-refractivity contribution in [3.8, 4) is 0 Å². The summed E-state index contributed by atoms with van der Waals surface area (Å²) < 4.78 is 0. The van der Waals surface area contributed by atoms with Crippen molar-refractivity contribution in [2.45, 2.75) is 6.54 Å². The van der Waals surface area contributed by atoms with Crippen LogP contribution in [0.5, 0.6) is 0 Å². The summed E-state index contributed by atoms with van der Waals surface area (Å²) in [6.45, 7) is 0.572. The van der Waals surface area contributed by atoms with E-state index in [0.29, 0.717) is 6.54 Å². The lowest BCUT2D eigenvalue weighted by molar-refractivity contribution is 1.07. The topological polar surface area (TPSA) is 38.9 Å². The maximum absolute atomic E-state index is 5.63. The predicted molar refractivity (Wildman–Crippen MR) is 67.1 cm³/mol. The van der Waals surface area contributed by atoms with Crippen LogP contribution in [0.25, 0.3) is 21.8 Å². The highest BCUT2D eigenvalue weighted by Gasteiger charge is 1.99. The maximum atomic E-state index is 5.63. The number of nitrogens with two attached hydrogens (primary N) is 1. The summed E-state index contributed by atoms with van der Waals surface area (Å²) in [6, 6.07) is 16.5. The molecule has 3 aromatic rings. The van der Waals surface area contributed by atoms with Gasteiger partial charge in [-0.3, -0.25) is 0 Å². The molecule has 0 saturated heterocycles. The summed E-state index contributed by atoms with van der Waals surface area (Å²) in [7, 11) is 0. The van der Waals surface area contributed by atoms with E-state index in [1.54, 1.807) is 0 Å². The van der Waals surface area contributed by atoms with Gasteiger partial charge in [-0.05, 0) is 29.8 Å². The second-order valence-electron chi connectivity index (χ2n) is 3.91. The molecule has 0 radical (unpaired) electrons. The fourth-order valence-electron chi connectivity index (χ4n) is 1.96. The molecule has 0 saturated carbocycles. The highest BCUT2D eigenvalue weighted by molar-refractivity contribution is 5.92. The molecule has 78 valence electrons. The first-order valence-corrected chi connectivity index (χ1v) is 5.35. The van der Waals surface area contributed by atoms with E-state index in [9.17, 15) is 0 Å². The summed E-state index contributed by atoms with van der Waals surface area (Å²) in [5.74, 6) is 0. The van der Waals surface area contributed by atoms with E-state index in [2.05, 4.69) is 23.2 Å². The van der Waals surface area contributed by atoms with E-state index in [0.717, 1.165) is 22.0 Å². The third kappa shape index (κ3) is 1.44. The van der Waals surface area contributed by atoms with Crippen LogP contribution in [0.3, 0.4) is 0 Å². The van der Waals surface area contributed by atoms with Crippen molar-refractivity contribution in [3.63, 3.8) is 0 Å². The number of pyridine rings is 1. The van der Waals surface area contributed by atoms with Gasteiger partial charge >= 0.3 is 0 Å². The number of nitrogens with zero attached hydrogens (tertiary/aromatic N) is 1. The Morgan fingerprint density at radius 1 is 0.875 bits per heavy atom. The molecule has 1 heterocycles. The zero-order chi connectivity index (χ0) is 11.0. The Morgan fingerprint density at radius 2 is 1.69 bits per heavy atom. The SMILES string of the molecule is NCc1ccc2nc3ccccc3cc2c1. The first-order chi connectivity index (χ1) is 7.86. The van der Waals surface area contributed by atoms with Gasteiger partial charge in [0.25, 0.3) is 0 Å². The van der Waals surface area contributed by atoms with Gasteiger partial charge in [-0.2, -0.15) is 0 Å². The van der Waals surface area contributed by atoms with Crippen LogP contribution in [-0.4, -0.2) is 4.98 Å². The van der Waals surface area contributed by atoms with Crippen LogP contribution in [0.4, 0.5) is 0 Å². The standard InChI is InChI=1S/C14H12N2/c15-9-10-5-6-14-12(7-10)8-11-3-1-2-4-13(11)16-14/h1-8H,9,15H2. The molecule has 0 fully saturated rings. The smallest absolute Gasteiger partial charge is 0.0709 e. The lowest BCUT2D eigenvalue weighted by Crippen LogP contribution is -1.95. The van der Waals surface area contributed by atoms with Gasteiger partial charge < -0.3 is 5.73 Å². The molecule has 0 aliphatic rings. The molecule has 0 amide bonds. The van der Waals surface area contributed by atoms with Crippen LogP contribution in [0.15, 0.2) is 48.5 Å². The third-order valence-electron chi connectivity index (χ3n) is 2.82. The molecule has 2 N–H and O–H groups in total. The number of rotatable bonds is 1. The van der Waals surface area contributed by atoms with Crippen molar-refractivity contribution in [3.05, 3.63) is 54.1 Å². The summed E-state index contributed by atoms with van der Waals surface area (Å²) >= 11 is 0. The molecule has 2 aromatic carbocycles. The Balaban J connectivity index is 2.37. The second-order valence-corrected chi connectivity index (χ2v) is 3.91. The lowest BCUT2D eigenvalue weighted by atomic mass is 10.1. The van der Waals surface area contributed by atoms with Crippen LogP contribution < -0.4 is 5.73 Å². The van der Waals surface area contributed by atoms with Crippen LogP contribution in [0.1, 0.15) is 5.56 Å². The molecule has 16 heavy (non-hydrogen) atoms. The van der Waals surface area contributed by atoms with Crippen molar-refractivity contribution in [1.29, 1.82) is 0 Å². The van der Waals surface area contributed by atoms with Crippen LogP contribution in [-0.2, 0) is 6.54 Å². The van der Waals surface area contributed by atoms with Gasteiger partial charge in [-0.1, -0.05) is 24.3 Å². The quantitative estimate of drug-likeness (QED) is 0.624. The number of fused-ring (bicyclic) bond motifs is 2. The first kappa shape index (κ1) is 9.31. The summed E-state index contributed by atoms with van der Waals surface area (Å²) in [5, 5.41) is 2.32. The third-order valence-corrected chi connectivity index (χ3v) is 2.82. The van der Waals surface area contributed by atoms with Gasteiger partial charge in [0.1, 0.15) is 0 Å². The van der Waals surface area contributed by atoms with Crippen LogP contribution in [0.2, 0.25) is 0 Å². The van der Waals surface area contributed by atoms with Crippen molar-refractivity contribution in [2.75, 3.05) is 0 Å². The first-order valence-electron chi connectivity index (χ1n) is 5.35. The van der Waals surface area contributed by atoms with E-state index in [1.807, 2.05) is 30.3 Å². The summed E-state index contributed by atoms with van der Waals surface area (Å²) in [6.07, 6.45) is 0. The van der Waals surface area contributed by atoms with E-state index in [1.165, 1.54) is 5.39 Å². The van der Waals surface area contributed by atoms with Gasteiger partial charge in [0.05, 0.1) is 11.0 Å². The zero-order valence-corrected chi connectivity index (χ0v) is 8.85. The molecule has 2 nitrogen and oxygen atoms in total. The summed E-state index contributed by atoms with van der Waals surface area (Å²) in [5.41, 5.74) is 8.84. The van der Waals surface area contributed by atoms with Gasteiger partial charge in [-0.25, -0.2) is 4.98 Å². The number of benzene rings is 2. The monoisotopic (exact) mass is 208 g/mol. The molecular weight excluding hydrogens is 196 g/mol. The predicted octanol–water partition coefficient (Wildman–Crippen LogP) is 2.85. The molecular formula is C14H12N2. The molecule has 0 unspecified atom stereocenters. The van der Waals surface area contributed by atoms with Crippen molar-refractivity contribution in [2.24, 2.45) is 5.73 Å². The largest absolute Gasteiger partial charge is 0.326 e. The highest BCUT2D eigenvalue weighted by Crippen LogP contribution is 2.20. The Labute approximate surface area is 93.7 Å². The van der Waals surface area contributed by atoms with E-state index in [-0.39, 0.29) is 0 Å². The van der Waals surface area contributed by atoms with E-state index in [4.69, 9.17) is 5.73 Å². The molecule has 0 bridgehead atoms. The fourth-order valence-corrected chi connectivity index (χ4v) is 1.96. The van der Waals surface area contributed by atoms with Crippen molar-refractivity contribution < 1.29 is 0 Å². The molecule has 0 aliphatic carbocycles. The number of hydrogen-bond acceptors (Lipinski definition) is 2. The Kier molecular flexibility index (Phi) is 2.08. The van der Waals surface area contributed by atoms with Crippen molar-refractivity contribution >= 4 is 21.8 Å².